The molecule has 0 bridgehead atoms. The lowest BCUT2D eigenvalue weighted by Crippen LogP contribution is -2.41. The van der Waals surface area contributed by atoms with Gasteiger partial charge in [0.25, 0.3) is 0 Å². The molecule has 1 heterocycles. The molecule has 0 unspecified atom stereocenters. The molecule has 0 radical (unpaired) electrons. The molecule has 0 aliphatic carbocycles. The molecule has 0 saturated carbocycles. The lowest BCUT2D eigenvalue weighted by Gasteiger charge is -2.24. The van der Waals surface area contributed by atoms with Gasteiger partial charge in [-0.05, 0) is 47.9 Å². The third-order valence-corrected chi connectivity index (χ3v) is 6.15. The molecule has 0 aliphatic heterocycles. The second kappa shape index (κ2) is 12.8. The van der Waals surface area contributed by atoms with E-state index < -0.39 is 0 Å². The lowest BCUT2D eigenvalue weighted by atomic mass is 10.1. The van der Waals surface area contributed by atoms with Crippen molar-refractivity contribution in [3.8, 4) is 28.4 Å². The van der Waals surface area contributed by atoms with E-state index in [4.69, 9.17) is 14.6 Å². The first-order valence-electron chi connectivity index (χ1n) is 12.9. The first-order valence-corrected chi connectivity index (χ1v) is 12.9. The van der Waals surface area contributed by atoms with Crippen molar-refractivity contribution >= 4 is 17.6 Å². The molecule has 3 aromatic carbocycles. The summed E-state index contributed by atoms with van der Waals surface area (Å²) >= 11 is 0. The molecule has 4 rings (SSSR count). The van der Waals surface area contributed by atoms with Crippen molar-refractivity contribution in [2.45, 2.75) is 20.3 Å². The first-order chi connectivity index (χ1) is 18.9. The number of hydrogen-bond acceptors (Lipinski definition) is 5. The SMILES string of the molecule is COc1ccc(CC(=O)N(CC(=O)Nc2cc(-c3ccccc3)nn2-c2ccc(OC)cc2)CC(C)C)cc1. The van der Waals surface area contributed by atoms with Gasteiger partial charge < -0.3 is 19.7 Å². The van der Waals surface area contributed by atoms with Gasteiger partial charge in [-0.2, -0.15) is 5.10 Å². The van der Waals surface area contributed by atoms with Crippen LogP contribution in [0.2, 0.25) is 0 Å². The summed E-state index contributed by atoms with van der Waals surface area (Å²) in [5.74, 6) is 1.75. The van der Waals surface area contributed by atoms with Gasteiger partial charge in [0, 0.05) is 18.2 Å². The van der Waals surface area contributed by atoms with E-state index in [9.17, 15) is 9.59 Å². The Balaban J connectivity index is 1.55. The normalized spacial score (nSPS) is 10.8. The number of amides is 2. The maximum atomic E-state index is 13.3. The predicted molar refractivity (Wildman–Crippen MR) is 152 cm³/mol. The van der Waals surface area contributed by atoms with E-state index in [-0.39, 0.29) is 30.7 Å². The number of aromatic nitrogens is 2. The van der Waals surface area contributed by atoms with Gasteiger partial charge in [0.1, 0.15) is 17.3 Å². The van der Waals surface area contributed by atoms with Crippen LogP contribution < -0.4 is 14.8 Å². The van der Waals surface area contributed by atoms with Crippen LogP contribution in [0.4, 0.5) is 5.82 Å². The highest BCUT2D eigenvalue weighted by atomic mass is 16.5. The Hall–Kier alpha value is -4.59. The Morgan fingerprint density at radius 2 is 1.51 bits per heavy atom. The average Bonchev–Trinajstić information content (AvgIpc) is 3.37. The average molecular weight is 527 g/mol. The maximum absolute atomic E-state index is 13.3. The molecule has 0 saturated heterocycles. The number of nitrogens with zero attached hydrogens (tertiary/aromatic N) is 3. The van der Waals surface area contributed by atoms with Crippen molar-refractivity contribution in [3.63, 3.8) is 0 Å². The highest BCUT2D eigenvalue weighted by Crippen LogP contribution is 2.26. The van der Waals surface area contributed by atoms with Gasteiger partial charge in [0.15, 0.2) is 0 Å². The fraction of sp³-hybridized carbons (Fsp3) is 0.258. The van der Waals surface area contributed by atoms with Crippen LogP contribution in [-0.4, -0.2) is 53.8 Å². The van der Waals surface area contributed by atoms with Crippen LogP contribution in [0.3, 0.4) is 0 Å². The molecule has 8 nitrogen and oxygen atoms in total. The number of rotatable bonds is 11. The summed E-state index contributed by atoms with van der Waals surface area (Å²) in [4.78, 5) is 28.1. The van der Waals surface area contributed by atoms with Crippen molar-refractivity contribution < 1.29 is 19.1 Å². The molecule has 2 amide bonds. The molecular formula is C31H34N4O4. The summed E-state index contributed by atoms with van der Waals surface area (Å²) in [6.45, 7) is 4.45. The summed E-state index contributed by atoms with van der Waals surface area (Å²) in [5.41, 5.74) is 3.27. The van der Waals surface area contributed by atoms with Gasteiger partial charge in [0.05, 0.1) is 38.6 Å². The van der Waals surface area contributed by atoms with Crippen LogP contribution in [0.1, 0.15) is 19.4 Å². The number of anilines is 1. The first kappa shape index (κ1) is 27.4. The largest absolute Gasteiger partial charge is 0.497 e. The Morgan fingerprint density at radius 3 is 2.10 bits per heavy atom. The number of carbonyl (C=O) groups excluding carboxylic acids is 2. The molecule has 8 heteroatoms. The number of benzene rings is 3. The lowest BCUT2D eigenvalue weighted by molar-refractivity contribution is -0.134. The van der Waals surface area contributed by atoms with Gasteiger partial charge in [-0.1, -0.05) is 56.3 Å². The number of methoxy groups -OCH3 is 2. The molecule has 0 fully saturated rings. The van der Waals surface area contributed by atoms with Gasteiger partial charge in [-0.15, -0.1) is 0 Å². The molecular weight excluding hydrogens is 492 g/mol. The summed E-state index contributed by atoms with van der Waals surface area (Å²) in [6.07, 6.45) is 0.200. The summed E-state index contributed by atoms with van der Waals surface area (Å²) < 4.78 is 12.2. The van der Waals surface area contributed by atoms with Gasteiger partial charge in [0.2, 0.25) is 11.8 Å². The quantitative estimate of drug-likeness (QED) is 0.290. The van der Waals surface area contributed by atoms with E-state index in [1.165, 1.54) is 0 Å². The summed E-state index contributed by atoms with van der Waals surface area (Å²) in [5, 5.41) is 7.75. The smallest absolute Gasteiger partial charge is 0.245 e. The van der Waals surface area contributed by atoms with Crippen LogP contribution in [0.15, 0.2) is 84.9 Å². The van der Waals surface area contributed by atoms with Gasteiger partial charge in [-0.3, -0.25) is 9.59 Å². The standard InChI is InChI=1S/C31H34N4O4/c1-22(2)20-34(31(37)18-23-10-14-26(38-3)15-11-23)21-30(36)32-29-19-28(24-8-6-5-7-9-24)33-35(29)25-12-16-27(39-4)17-13-25/h5-17,19,22H,18,20-21H2,1-4H3,(H,32,36). The van der Waals surface area contributed by atoms with Gasteiger partial charge >= 0.3 is 0 Å². The minimum absolute atomic E-state index is 0.0678. The molecule has 39 heavy (non-hydrogen) atoms. The molecule has 0 aliphatic rings. The van der Waals surface area contributed by atoms with Crippen molar-refractivity contribution in [3.05, 3.63) is 90.5 Å². The highest BCUT2D eigenvalue weighted by molar-refractivity contribution is 5.95. The van der Waals surface area contributed by atoms with E-state index in [1.54, 1.807) is 23.8 Å². The minimum atomic E-state index is -0.298. The van der Waals surface area contributed by atoms with E-state index in [2.05, 4.69) is 5.32 Å². The number of nitrogens with one attached hydrogen (secondary N) is 1. The second-order valence-electron chi connectivity index (χ2n) is 9.63. The fourth-order valence-electron chi connectivity index (χ4n) is 4.22. The van der Waals surface area contributed by atoms with Crippen LogP contribution in [-0.2, 0) is 16.0 Å². The van der Waals surface area contributed by atoms with Crippen molar-refractivity contribution in [2.24, 2.45) is 5.92 Å². The van der Waals surface area contributed by atoms with E-state index >= 15 is 0 Å². The number of hydrogen-bond donors (Lipinski definition) is 1. The molecule has 0 atom stereocenters. The van der Waals surface area contributed by atoms with Crippen molar-refractivity contribution in [1.29, 1.82) is 0 Å². The third kappa shape index (κ3) is 7.25. The van der Waals surface area contributed by atoms with Crippen LogP contribution >= 0.6 is 0 Å². The van der Waals surface area contributed by atoms with E-state index in [0.717, 1.165) is 34.0 Å². The second-order valence-corrected chi connectivity index (χ2v) is 9.63. The molecule has 1 N–H and O–H groups in total. The zero-order chi connectivity index (χ0) is 27.8. The third-order valence-electron chi connectivity index (χ3n) is 6.15. The molecule has 4 aromatic rings. The fourth-order valence-corrected chi connectivity index (χ4v) is 4.22. The van der Waals surface area contributed by atoms with E-state index in [0.29, 0.717) is 12.4 Å². The van der Waals surface area contributed by atoms with Crippen molar-refractivity contribution in [1.82, 2.24) is 14.7 Å². The number of ether oxygens (including phenoxy) is 2. The summed E-state index contributed by atoms with van der Waals surface area (Å²) in [6, 6.07) is 26.4. The predicted octanol–water partition coefficient (Wildman–Crippen LogP) is 5.22. The molecule has 1 aromatic heterocycles. The number of carbonyl (C=O) groups is 2. The van der Waals surface area contributed by atoms with Crippen molar-refractivity contribution in [2.75, 3.05) is 32.6 Å². The van der Waals surface area contributed by atoms with Crippen LogP contribution in [0.5, 0.6) is 11.5 Å². The van der Waals surface area contributed by atoms with Crippen LogP contribution in [0.25, 0.3) is 16.9 Å². The summed E-state index contributed by atoms with van der Waals surface area (Å²) in [7, 11) is 3.22. The Kier molecular flexibility index (Phi) is 8.99. The Morgan fingerprint density at radius 1 is 0.897 bits per heavy atom. The Labute approximate surface area is 229 Å². The minimum Gasteiger partial charge on any atom is -0.497 e. The highest BCUT2D eigenvalue weighted by Gasteiger charge is 2.21. The topological polar surface area (TPSA) is 85.7 Å². The van der Waals surface area contributed by atoms with Crippen LogP contribution in [0, 0.1) is 5.92 Å². The maximum Gasteiger partial charge on any atom is 0.245 e. The molecule has 202 valence electrons. The zero-order valence-electron chi connectivity index (χ0n) is 22.8. The Bertz CT molecular complexity index is 1380. The monoisotopic (exact) mass is 526 g/mol. The molecule has 0 spiro atoms. The van der Waals surface area contributed by atoms with E-state index in [1.807, 2.05) is 98.8 Å². The zero-order valence-corrected chi connectivity index (χ0v) is 22.8. The van der Waals surface area contributed by atoms with Gasteiger partial charge in [-0.25, -0.2) is 4.68 Å².